The Morgan fingerprint density at radius 3 is 2.58 bits per heavy atom. The number of thiazole rings is 1. The highest BCUT2D eigenvalue weighted by Crippen LogP contribution is 2.34. The molecule has 1 aliphatic carbocycles. The summed E-state index contributed by atoms with van der Waals surface area (Å²) in [7, 11) is 0. The highest BCUT2D eigenvalue weighted by Gasteiger charge is 2.34. The summed E-state index contributed by atoms with van der Waals surface area (Å²) < 4.78 is 10.3. The summed E-state index contributed by atoms with van der Waals surface area (Å²) in [5, 5.41) is 10.3. The smallest absolute Gasteiger partial charge is 0.257 e. The number of hydrogen-bond donors (Lipinski definition) is 2. The van der Waals surface area contributed by atoms with Crippen LogP contribution in [0.25, 0.3) is 0 Å². The van der Waals surface area contributed by atoms with Crippen molar-refractivity contribution >= 4 is 28.3 Å². The first-order chi connectivity index (χ1) is 15.0. The van der Waals surface area contributed by atoms with E-state index < -0.39 is 6.04 Å². The SMILES string of the molecule is Cc1nocc1C(=O)N[C@H](C(=O)Nc1ncc(C2CCOCC2)s1)C1CCC(C)CC1. The van der Waals surface area contributed by atoms with Crippen molar-refractivity contribution in [1.29, 1.82) is 0 Å². The van der Waals surface area contributed by atoms with Gasteiger partial charge in [0.1, 0.15) is 17.9 Å². The number of aryl methyl sites for hydroxylation is 1. The maximum absolute atomic E-state index is 13.3. The fourth-order valence-corrected chi connectivity index (χ4v) is 5.43. The number of nitrogens with one attached hydrogen (secondary N) is 2. The van der Waals surface area contributed by atoms with E-state index in [2.05, 4.69) is 27.7 Å². The maximum atomic E-state index is 13.3. The number of hydrogen-bond acceptors (Lipinski definition) is 7. The van der Waals surface area contributed by atoms with Gasteiger partial charge in [0, 0.05) is 24.3 Å². The average molecular weight is 447 g/mol. The summed E-state index contributed by atoms with van der Waals surface area (Å²) in [5.74, 6) is 0.630. The molecule has 2 fully saturated rings. The Labute approximate surface area is 186 Å². The predicted octanol–water partition coefficient (Wildman–Crippen LogP) is 3.90. The van der Waals surface area contributed by atoms with E-state index in [0.29, 0.717) is 28.2 Å². The topological polar surface area (TPSA) is 106 Å². The standard InChI is InChI=1S/C22H30N4O4S/c1-13-3-5-16(6-4-13)19(24-20(27)17-12-30-26-14(17)2)21(28)25-22-23-11-18(31-22)15-7-9-29-10-8-15/h11-13,15-16,19H,3-10H2,1-2H3,(H,24,27)(H,23,25,28)/t13?,16?,19-/m0/s1. The van der Waals surface area contributed by atoms with Crippen LogP contribution in [0, 0.1) is 18.8 Å². The number of carbonyl (C=O) groups is 2. The summed E-state index contributed by atoms with van der Waals surface area (Å²) in [6.45, 7) is 5.47. The quantitative estimate of drug-likeness (QED) is 0.697. The lowest BCUT2D eigenvalue weighted by atomic mass is 9.79. The molecule has 31 heavy (non-hydrogen) atoms. The number of aromatic nitrogens is 2. The second kappa shape index (κ2) is 9.91. The summed E-state index contributed by atoms with van der Waals surface area (Å²) in [6.07, 6.45) is 9.07. The zero-order valence-electron chi connectivity index (χ0n) is 18.1. The van der Waals surface area contributed by atoms with Crippen LogP contribution in [-0.2, 0) is 9.53 Å². The third-order valence-corrected chi connectivity index (χ3v) is 7.55. The first kappa shape index (κ1) is 22.0. The number of rotatable bonds is 6. The minimum Gasteiger partial charge on any atom is -0.381 e. The van der Waals surface area contributed by atoms with E-state index in [-0.39, 0.29) is 17.7 Å². The van der Waals surface area contributed by atoms with E-state index in [9.17, 15) is 9.59 Å². The van der Waals surface area contributed by atoms with E-state index in [0.717, 1.165) is 51.7 Å². The molecule has 168 valence electrons. The van der Waals surface area contributed by atoms with Crippen molar-refractivity contribution in [1.82, 2.24) is 15.5 Å². The average Bonchev–Trinajstić information content (AvgIpc) is 3.42. The third kappa shape index (κ3) is 5.33. The normalized spacial score (nSPS) is 23.3. The van der Waals surface area contributed by atoms with Crippen LogP contribution in [0.3, 0.4) is 0 Å². The Kier molecular flexibility index (Phi) is 7.02. The summed E-state index contributed by atoms with van der Waals surface area (Å²) in [6, 6.07) is -0.621. The minimum absolute atomic E-state index is 0.0928. The van der Waals surface area contributed by atoms with E-state index in [4.69, 9.17) is 9.26 Å². The molecule has 9 heteroatoms. The lowest BCUT2D eigenvalue weighted by Gasteiger charge is -2.32. The van der Waals surface area contributed by atoms with Crippen molar-refractivity contribution in [2.24, 2.45) is 11.8 Å². The van der Waals surface area contributed by atoms with Gasteiger partial charge in [0.25, 0.3) is 5.91 Å². The van der Waals surface area contributed by atoms with Crippen LogP contribution in [0.1, 0.15) is 72.3 Å². The molecule has 4 rings (SSSR count). The van der Waals surface area contributed by atoms with Crippen LogP contribution in [0.2, 0.25) is 0 Å². The molecule has 0 unspecified atom stereocenters. The molecule has 3 heterocycles. The van der Waals surface area contributed by atoms with E-state index >= 15 is 0 Å². The molecule has 8 nitrogen and oxygen atoms in total. The molecule has 1 saturated heterocycles. The van der Waals surface area contributed by atoms with Crippen LogP contribution in [0.15, 0.2) is 17.0 Å². The number of nitrogens with zero attached hydrogens (tertiary/aromatic N) is 2. The molecule has 0 aromatic carbocycles. The first-order valence-corrected chi connectivity index (χ1v) is 11.9. The van der Waals surface area contributed by atoms with E-state index in [1.54, 1.807) is 6.92 Å². The van der Waals surface area contributed by atoms with Gasteiger partial charge in [0.15, 0.2) is 5.13 Å². The van der Waals surface area contributed by atoms with Crippen LogP contribution in [0.4, 0.5) is 5.13 Å². The van der Waals surface area contributed by atoms with Gasteiger partial charge in [-0.2, -0.15) is 0 Å². The number of ether oxygens (including phenoxy) is 1. The monoisotopic (exact) mass is 446 g/mol. The largest absolute Gasteiger partial charge is 0.381 e. The molecule has 2 N–H and O–H groups in total. The Balaban J connectivity index is 1.46. The lowest BCUT2D eigenvalue weighted by Crippen LogP contribution is -2.49. The zero-order valence-corrected chi connectivity index (χ0v) is 18.9. The lowest BCUT2D eigenvalue weighted by molar-refractivity contribution is -0.119. The van der Waals surface area contributed by atoms with Gasteiger partial charge in [0.2, 0.25) is 5.91 Å². The van der Waals surface area contributed by atoms with Crippen LogP contribution in [-0.4, -0.2) is 41.2 Å². The van der Waals surface area contributed by atoms with Crippen molar-refractivity contribution in [2.75, 3.05) is 18.5 Å². The maximum Gasteiger partial charge on any atom is 0.257 e. The predicted molar refractivity (Wildman–Crippen MR) is 117 cm³/mol. The van der Waals surface area contributed by atoms with Crippen molar-refractivity contribution in [2.45, 2.75) is 64.3 Å². The molecular formula is C22H30N4O4S. The number of amides is 2. The molecule has 2 aromatic rings. The number of anilines is 1. The second-order valence-corrected chi connectivity index (χ2v) is 9.79. The summed E-state index contributed by atoms with van der Waals surface area (Å²) >= 11 is 1.51. The molecule has 2 aliphatic rings. The summed E-state index contributed by atoms with van der Waals surface area (Å²) in [5.41, 5.74) is 0.869. The first-order valence-electron chi connectivity index (χ1n) is 11.1. The van der Waals surface area contributed by atoms with Gasteiger partial charge in [-0.05, 0) is 50.4 Å². The van der Waals surface area contributed by atoms with Crippen molar-refractivity contribution in [3.63, 3.8) is 0 Å². The van der Waals surface area contributed by atoms with Gasteiger partial charge in [-0.3, -0.25) is 9.59 Å². The van der Waals surface area contributed by atoms with Gasteiger partial charge in [0.05, 0.1) is 5.69 Å². The Bertz CT molecular complexity index is 897. The highest BCUT2D eigenvalue weighted by molar-refractivity contribution is 7.15. The molecular weight excluding hydrogens is 416 g/mol. The van der Waals surface area contributed by atoms with Crippen molar-refractivity contribution < 1.29 is 18.8 Å². The third-order valence-electron chi connectivity index (χ3n) is 6.47. The molecule has 2 aromatic heterocycles. The van der Waals surface area contributed by atoms with Gasteiger partial charge >= 0.3 is 0 Å². The molecule has 0 radical (unpaired) electrons. The van der Waals surface area contributed by atoms with Crippen LogP contribution in [0.5, 0.6) is 0 Å². The number of carbonyl (C=O) groups excluding carboxylic acids is 2. The molecule has 1 atom stereocenters. The highest BCUT2D eigenvalue weighted by atomic mass is 32.1. The Morgan fingerprint density at radius 2 is 1.90 bits per heavy atom. The fourth-order valence-electron chi connectivity index (χ4n) is 4.44. The Hall–Kier alpha value is -2.26. The van der Waals surface area contributed by atoms with Crippen LogP contribution >= 0.6 is 11.3 Å². The zero-order chi connectivity index (χ0) is 21.8. The van der Waals surface area contributed by atoms with E-state index in [1.165, 1.54) is 22.5 Å². The van der Waals surface area contributed by atoms with Crippen LogP contribution < -0.4 is 10.6 Å². The van der Waals surface area contributed by atoms with Crippen molar-refractivity contribution in [3.05, 3.63) is 28.6 Å². The second-order valence-electron chi connectivity index (χ2n) is 8.73. The van der Waals surface area contributed by atoms with Gasteiger partial charge in [-0.25, -0.2) is 4.98 Å². The van der Waals surface area contributed by atoms with E-state index in [1.807, 2.05) is 6.20 Å². The Morgan fingerprint density at radius 1 is 1.16 bits per heavy atom. The molecule has 1 saturated carbocycles. The molecule has 0 spiro atoms. The summed E-state index contributed by atoms with van der Waals surface area (Å²) in [4.78, 5) is 31.6. The van der Waals surface area contributed by atoms with Gasteiger partial charge in [-0.15, -0.1) is 11.3 Å². The molecule has 2 amide bonds. The molecule has 1 aliphatic heterocycles. The van der Waals surface area contributed by atoms with Gasteiger partial charge in [-0.1, -0.05) is 24.9 Å². The van der Waals surface area contributed by atoms with Crippen molar-refractivity contribution in [3.8, 4) is 0 Å². The minimum atomic E-state index is -0.621. The van der Waals surface area contributed by atoms with Gasteiger partial charge < -0.3 is 19.9 Å². The fraction of sp³-hybridized carbons (Fsp3) is 0.636. The molecule has 0 bridgehead atoms.